The van der Waals surface area contributed by atoms with Crippen LogP contribution in [-0.4, -0.2) is 11.4 Å². The van der Waals surface area contributed by atoms with Gasteiger partial charge in [0.15, 0.2) is 0 Å². The number of nitrogens with one attached hydrogen (secondary N) is 1. The third-order valence-electron chi connectivity index (χ3n) is 1.14. The zero-order valence-electron chi connectivity index (χ0n) is 6.19. The number of rotatable bonds is 3. The quantitative estimate of drug-likeness (QED) is 0.565. The fourth-order valence-corrected chi connectivity index (χ4v) is 0.766. The minimum Gasteiger partial charge on any atom is -0.465 e. The Morgan fingerprint density at radius 2 is 2.50 bits per heavy atom. The Morgan fingerprint density at radius 1 is 1.67 bits per heavy atom. The third kappa shape index (κ3) is 2.67. The molecule has 0 saturated carbocycles. The lowest BCUT2D eigenvalue weighted by molar-refractivity contribution is -0.115. The van der Waals surface area contributed by atoms with Crippen molar-refractivity contribution in [3.63, 3.8) is 0 Å². The van der Waals surface area contributed by atoms with Crippen molar-refractivity contribution in [1.29, 1.82) is 0 Å². The van der Waals surface area contributed by atoms with Crippen LogP contribution in [0.25, 0.3) is 6.08 Å². The summed E-state index contributed by atoms with van der Waals surface area (Å²) in [7, 11) is 0. The number of carbonyl (C=O) groups is 1. The first kappa shape index (κ1) is 8.67. The van der Waals surface area contributed by atoms with Crippen molar-refractivity contribution in [2.24, 2.45) is 0 Å². The fourth-order valence-electron chi connectivity index (χ4n) is 0.650. The molecule has 0 bridgehead atoms. The van der Waals surface area contributed by atoms with E-state index in [1.807, 2.05) is 0 Å². The van der Waals surface area contributed by atoms with E-state index in [4.69, 9.17) is 4.42 Å². The monoisotopic (exact) mass is 181 g/mol. The largest absolute Gasteiger partial charge is 0.465 e. The molecular weight excluding hydrogens is 174 g/mol. The van der Waals surface area contributed by atoms with Gasteiger partial charge in [-0.05, 0) is 18.2 Å². The summed E-state index contributed by atoms with van der Waals surface area (Å²) in [6, 6.07) is 3.50. The molecule has 0 aromatic carbocycles. The smallest absolute Gasteiger partial charge is 0.248 e. The summed E-state index contributed by atoms with van der Waals surface area (Å²) >= 11 is 4.43. The van der Waals surface area contributed by atoms with Gasteiger partial charge in [0.25, 0.3) is 0 Å². The number of furan rings is 1. The Labute approximate surface area is 75.1 Å². The highest BCUT2D eigenvalue weighted by molar-refractivity contribution is 7.78. The molecule has 0 fully saturated rings. The molecule has 1 aromatic rings. The minimum absolute atomic E-state index is 0.263. The van der Waals surface area contributed by atoms with Crippen molar-refractivity contribution in [3.05, 3.63) is 30.2 Å². The van der Waals surface area contributed by atoms with Crippen molar-refractivity contribution >= 4 is 29.7 Å². The van der Waals surface area contributed by atoms with Crippen molar-refractivity contribution in [3.8, 4) is 0 Å². The number of thiocarbonyl (C=S) groups is 1. The standard InChI is InChI=1S/C8H7NO2S/c10-8(9-6-12)4-3-7-2-1-5-11-7/h1-6H,(H,9,10,12)/b4-3+. The molecule has 0 spiro atoms. The van der Waals surface area contributed by atoms with Crippen molar-refractivity contribution in [2.45, 2.75) is 0 Å². The van der Waals surface area contributed by atoms with Gasteiger partial charge in [0.05, 0.1) is 11.8 Å². The Morgan fingerprint density at radius 3 is 3.08 bits per heavy atom. The van der Waals surface area contributed by atoms with Crippen LogP contribution >= 0.6 is 12.2 Å². The Bertz CT molecular complexity index is 290. The third-order valence-corrected chi connectivity index (χ3v) is 1.26. The first-order valence-corrected chi connectivity index (χ1v) is 3.76. The SMILES string of the molecule is O=C(/C=C/c1ccco1)NC=S. The fraction of sp³-hybridized carbons (Fsp3) is 0. The van der Waals surface area contributed by atoms with E-state index < -0.39 is 0 Å². The summed E-state index contributed by atoms with van der Waals surface area (Å²) in [5.74, 6) is 0.371. The first-order chi connectivity index (χ1) is 5.83. The average Bonchev–Trinajstić information content (AvgIpc) is 2.53. The maximum atomic E-state index is 10.8. The molecule has 1 N–H and O–H groups in total. The van der Waals surface area contributed by atoms with E-state index in [1.165, 1.54) is 12.3 Å². The summed E-state index contributed by atoms with van der Waals surface area (Å²) in [5, 5.41) is 2.33. The molecule has 1 heterocycles. The van der Waals surface area contributed by atoms with Gasteiger partial charge in [0.2, 0.25) is 5.91 Å². The van der Waals surface area contributed by atoms with E-state index in [0.717, 1.165) is 5.49 Å². The molecule has 0 saturated heterocycles. The van der Waals surface area contributed by atoms with E-state index in [-0.39, 0.29) is 5.91 Å². The van der Waals surface area contributed by atoms with Crippen molar-refractivity contribution < 1.29 is 9.21 Å². The number of hydrogen-bond donors (Lipinski definition) is 1. The summed E-state index contributed by atoms with van der Waals surface area (Å²) < 4.78 is 4.96. The second-order valence-corrected chi connectivity index (χ2v) is 2.21. The Kier molecular flexibility index (Phi) is 3.22. The highest BCUT2D eigenvalue weighted by Gasteiger charge is 1.91. The van der Waals surface area contributed by atoms with Crippen LogP contribution in [0.2, 0.25) is 0 Å². The van der Waals surface area contributed by atoms with Crippen LogP contribution in [-0.2, 0) is 4.79 Å². The molecule has 4 heteroatoms. The molecule has 1 amide bonds. The molecular formula is C8H7NO2S. The van der Waals surface area contributed by atoms with Gasteiger partial charge in [-0.2, -0.15) is 0 Å². The highest BCUT2D eigenvalue weighted by Crippen LogP contribution is 2.01. The predicted molar refractivity (Wildman–Crippen MR) is 49.5 cm³/mol. The van der Waals surface area contributed by atoms with Gasteiger partial charge in [-0.3, -0.25) is 4.79 Å². The lowest BCUT2D eigenvalue weighted by atomic mass is 10.4. The second kappa shape index (κ2) is 4.46. The molecule has 0 aliphatic heterocycles. The number of amides is 1. The van der Waals surface area contributed by atoms with Gasteiger partial charge in [-0.1, -0.05) is 12.2 Å². The van der Waals surface area contributed by atoms with Gasteiger partial charge < -0.3 is 9.73 Å². The molecule has 0 aliphatic carbocycles. The summed E-state index contributed by atoms with van der Waals surface area (Å²) in [6.07, 6.45) is 4.45. The van der Waals surface area contributed by atoms with E-state index in [1.54, 1.807) is 18.2 Å². The molecule has 62 valence electrons. The van der Waals surface area contributed by atoms with Gasteiger partial charge >= 0.3 is 0 Å². The van der Waals surface area contributed by atoms with Crippen LogP contribution in [0.4, 0.5) is 0 Å². The Hall–Kier alpha value is -1.42. The van der Waals surface area contributed by atoms with E-state index in [2.05, 4.69) is 17.5 Å². The molecule has 0 unspecified atom stereocenters. The minimum atomic E-state index is -0.263. The van der Waals surface area contributed by atoms with Gasteiger partial charge in [0.1, 0.15) is 5.76 Å². The zero-order chi connectivity index (χ0) is 8.81. The van der Waals surface area contributed by atoms with E-state index in [9.17, 15) is 4.79 Å². The maximum Gasteiger partial charge on any atom is 0.248 e. The summed E-state index contributed by atoms with van der Waals surface area (Å²) in [6.45, 7) is 0. The van der Waals surface area contributed by atoms with Crippen LogP contribution in [0.3, 0.4) is 0 Å². The van der Waals surface area contributed by atoms with E-state index >= 15 is 0 Å². The lowest BCUT2D eigenvalue weighted by Crippen LogP contribution is -2.16. The number of hydrogen-bond acceptors (Lipinski definition) is 3. The average molecular weight is 181 g/mol. The zero-order valence-corrected chi connectivity index (χ0v) is 7.01. The van der Waals surface area contributed by atoms with Crippen LogP contribution in [0.1, 0.15) is 5.76 Å². The Balaban J connectivity index is 2.50. The van der Waals surface area contributed by atoms with Crippen LogP contribution in [0.15, 0.2) is 28.9 Å². The van der Waals surface area contributed by atoms with Gasteiger partial charge in [-0.25, -0.2) is 0 Å². The summed E-state index contributed by atoms with van der Waals surface area (Å²) in [4.78, 5) is 10.8. The van der Waals surface area contributed by atoms with Gasteiger partial charge in [0, 0.05) is 6.08 Å². The van der Waals surface area contributed by atoms with Crippen LogP contribution in [0.5, 0.6) is 0 Å². The molecule has 1 rings (SSSR count). The molecule has 0 aliphatic rings. The van der Waals surface area contributed by atoms with E-state index in [0.29, 0.717) is 5.76 Å². The first-order valence-electron chi connectivity index (χ1n) is 3.28. The van der Waals surface area contributed by atoms with Crippen molar-refractivity contribution in [2.75, 3.05) is 0 Å². The van der Waals surface area contributed by atoms with Crippen LogP contribution in [0, 0.1) is 0 Å². The number of carbonyl (C=O) groups excluding carboxylic acids is 1. The van der Waals surface area contributed by atoms with Crippen molar-refractivity contribution in [1.82, 2.24) is 5.32 Å². The molecule has 1 aromatic heterocycles. The van der Waals surface area contributed by atoms with Gasteiger partial charge in [-0.15, -0.1) is 0 Å². The summed E-state index contributed by atoms with van der Waals surface area (Å²) in [5.41, 5.74) is 1.16. The second-order valence-electron chi connectivity index (χ2n) is 1.98. The maximum absolute atomic E-state index is 10.8. The molecule has 0 radical (unpaired) electrons. The topological polar surface area (TPSA) is 42.2 Å². The normalized spacial score (nSPS) is 10.0. The highest BCUT2D eigenvalue weighted by atomic mass is 32.1. The molecule has 12 heavy (non-hydrogen) atoms. The predicted octanol–water partition coefficient (Wildman–Crippen LogP) is 1.37. The molecule has 3 nitrogen and oxygen atoms in total. The lowest BCUT2D eigenvalue weighted by Gasteiger charge is -1.87. The van der Waals surface area contributed by atoms with Crippen LogP contribution < -0.4 is 5.32 Å². The molecule has 0 atom stereocenters.